The van der Waals surface area contributed by atoms with E-state index in [0.29, 0.717) is 29.6 Å². The van der Waals surface area contributed by atoms with E-state index < -0.39 is 0 Å². The molecule has 0 radical (unpaired) electrons. The number of pyridine rings is 1. The molecule has 27 heavy (non-hydrogen) atoms. The van der Waals surface area contributed by atoms with Crippen molar-refractivity contribution in [1.29, 1.82) is 0 Å². The van der Waals surface area contributed by atoms with Gasteiger partial charge in [0.15, 0.2) is 5.82 Å². The highest BCUT2D eigenvalue weighted by atomic mass is 16.5. The van der Waals surface area contributed by atoms with Crippen LogP contribution in [0.4, 0.5) is 0 Å². The highest BCUT2D eigenvalue weighted by molar-refractivity contribution is 5.92. The smallest absolute Gasteiger partial charge is 0.271 e. The molecule has 1 N–H and O–H groups in total. The molecule has 1 aliphatic rings. The maximum Gasteiger partial charge on any atom is 0.271 e. The van der Waals surface area contributed by atoms with Crippen LogP contribution in [0.5, 0.6) is 0 Å². The lowest BCUT2D eigenvalue weighted by Gasteiger charge is -2.22. The molecule has 140 valence electrons. The molecule has 3 aromatic heterocycles. The van der Waals surface area contributed by atoms with E-state index in [1.54, 1.807) is 23.3 Å². The van der Waals surface area contributed by atoms with Gasteiger partial charge < -0.3 is 9.84 Å². The van der Waals surface area contributed by atoms with Gasteiger partial charge >= 0.3 is 0 Å². The molecule has 0 spiro atoms. The monoisotopic (exact) mass is 366 g/mol. The fraction of sp³-hybridized carbons (Fsp3) is 0.421. The summed E-state index contributed by atoms with van der Waals surface area (Å²) < 4.78 is 7.00. The summed E-state index contributed by atoms with van der Waals surface area (Å²) in [7, 11) is 0. The Kier molecular flexibility index (Phi) is 4.95. The van der Waals surface area contributed by atoms with E-state index in [1.165, 1.54) is 19.3 Å². The summed E-state index contributed by atoms with van der Waals surface area (Å²) in [6.07, 6.45) is 11.3. The molecule has 0 unspecified atom stereocenters. The molecule has 3 aromatic rings. The average Bonchev–Trinajstić information content (AvgIpc) is 3.39. The molecular weight excluding hydrogens is 344 g/mol. The van der Waals surface area contributed by atoms with Crippen molar-refractivity contribution in [2.45, 2.75) is 51.5 Å². The molecule has 0 saturated heterocycles. The SMILES string of the molecule is CCc1noc(-c2ccnc(-n3cnc(C(=O)NC4CCCCC4)c3)c2)n1. The predicted molar refractivity (Wildman–Crippen MR) is 98.4 cm³/mol. The number of hydrogen-bond donors (Lipinski definition) is 1. The third-order valence-electron chi connectivity index (χ3n) is 4.80. The zero-order valence-electron chi connectivity index (χ0n) is 15.3. The second-order valence-corrected chi connectivity index (χ2v) is 6.75. The molecule has 0 aliphatic heterocycles. The Hall–Kier alpha value is -3.03. The zero-order valence-corrected chi connectivity index (χ0v) is 15.3. The Balaban J connectivity index is 1.51. The van der Waals surface area contributed by atoms with E-state index in [9.17, 15) is 4.79 Å². The largest absolute Gasteiger partial charge is 0.348 e. The van der Waals surface area contributed by atoms with Gasteiger partial charge in [0.1, 0.15) is 17.8 Å². The lowest BCUT2D eigenvalue weighted by molar-refractivity contribution is 0.0923. The van der Waals surface area contributed by atoms with Gasteiger partial charge in [-0.1, -0.05) is 31.3 Å². The van der Waals surface area contributed by atoms with Crippen LogP contribution in [0.1, 0.15) is 55.3 Å². The second kappa shape index (κ2) is 7.69. The molecule has 0 bridgehead atoms. The lowest BCUT2D eigenvalue weighted by Crippen LogP contribution is -2.36. The van der Waals surface area contributed by atoms with E-state index in [-0.39, 0.29) is 11.9 Å². The fourth-order valence-corrected chi connectivity index (χ4v) is 3.28. The van der Waals surface area contributed by atoms with E-state index in [0.717, 1.165) is 18.4 Å². The molecule has 8 nitrogen and oxygen atoms in total. The van der Waals surface area contributed by atoms with Crippen LogP contribution in [0.15, 0.2) is 35.4 Å². The van der Waals surface area contributed by atoms with Gasteiger partial charge in [-0.15, -0.1) is 0 Å². The van der Waals surface area contributed by atoms with Crippen LogP contribution in [-0.2, 0) is 6.42 Å². The van der Waals surface area contributed by atoms with E-state index in [4.69, 9.17) is 4.52 Å². The number of nitrogens with zero attached hydrogens (tertiary/aromatic N) is 5. The Labute approximate surface area is 157 Å². The normalized spacial score (nSPS) is 15.0. The van der Waals surface area contributed by atoms with Gasteiger partial charge in [0, 0.05) is 30.4 Å². The zero-order chi connectivity index (χ0) is 18.6. The minimum absolute atomic E-state index is 0.138. The second-order valence-electron chi connectivity index (χ2n) is 6.75. The first-order chi connectivity index (χ1) is 13.2. The maximum absolute atomic E-state index is 12.4. The number of amides is 1. The Morgan fingerprint density at radius 3 is 2.93 bits per heavy atom. The average molecular weight is 366 g/mol. The van der Waals surface area contributed by atoms with Crippen LogP contribution in [0.25, 0.3) is 17.3 Å². The van der Waals surface area contributed by atoms with Gasteiger partial charge in [-0.2, -0.15) is 4.98 Å². The molecule has 1 fully saturated rings. The van der Waals surface area contributed by atoms with Crippen molar-refractivity contribution in [3.63, 3.8) is 0 Å². The minimum Gasteiger partial charge on any atom is -0.348 e. The fourth-order valence-electron chi connectivity index (χ4n) is 3.28. The molecule has 0 atom stereocenters. The first kappa shape index (κ1) is 17.4. The number of nitrogens with one attached hydrogen (secondary N) is 1. The number of aromatic nitrogens is 5. The third-order valence-corrected chi connectivity index (χ3v) is 4.80. The van der Waals surface area contributed by atoms with Crippen molar-refractivity contribution in [1.82, 2.24) is 30.0 Å². The summed E-state index contributed by atoms with van der Waals surface area (Å²) in [5, 5.41) is 7.00. The van der Waals surface area contributed by atoms with Crippen LogP contribution in [0.2, 0.25) is 0 Å². The molecular formula is C19H22N6O2. The molecule has 1 aliphatic carbocycles. The van der Waals surface area contributed by atoms with E-state index in [1.807, 2.05) is 19.1 Å². The number of hydrogen-bond acceptors (Lipinski definition) is 6. The van der Waals surface area contributed by atoms with Crippen molar-refractivity contribution in [2.24, 2.45) is 0 Å². The number of carbonyl (C=O) groups excluding carboxylic acids is 1. The Morgan fingerprint density at radius 1 is 1.30 bits per heavy atom. The van der Waals surface area contributed by atoms with Gasteiger partial charge in [-0.25, -0.2) is 9.97 Å². The molecule has 8 heteroatoms. The van der Waals surface area contributed by atoms with Gasteiger partial charge in [0.2, 0.25) is 0 Å². The predicted octanol–water partition coefficient (Wildman–Crippen LogP) is 2.94. The van der Waals surface area contributed by atoms with Gasteiger partial charge in [-0.05, 0) is 25.0 Å². The highest BCUT2D eigenvalue weighted by Crippen LogP contribution is 2.20. The number of imidazole rings is 1. The van der Waals surface area contributed by atoms with Gasteiger partial charge in [0.25, 0.3) is 11.8 Å². The van der Waals surface area contributed by atoms with E-state index in [2.05, 4.69) is 25.4 Å². The number of aryl methyl sites for hydroxylation is 1. The first-order valence-electron chi connectivity index (χ1n) is 9.37. The molecule has 4 rings (SSSR count). The Bertz CT molecular complexity index is 926. The van der Waals surface area contributed by atoms with Crippen LogP contribution < -0.4 is 5.32 Å². The van der Waals surface area contributed by atoms with Crippen LogP contribution in [0.3, 0.4) is 0 Å². The van der Waals surface area contributed by atoms with E-state index >= 15 is 0 Å². The number of rotatable bonds is 5. The summed E-state index contributed by atoms with van der Waals surface area (Å²) >= 11 is 0. The van der Waals surface area contributed by atoms with Crippen LogP contribution in [0, 0.1) is 0 Å². The summed E-state index contributed by atoms with van der Waals surface area (Å²) in [5.41, 5.74) is 1.16. The molecule has 3 heterocycles. The van der Waals surface area contributed by atoms with Gasteiger partial charge in [-0.3, -0.25) is 9.36 Å². The minimum atomic E-state index is -0.138. The number of carbonyl (C=O) groups is 1. The van der Waals surface area contributed by atoms with Gasteiger partial charge in [0.05, 0.1) is 0 Å². The summed E-state index contributed by atoms with van der Waals surface area (Å²) in [6.45, 7) is 1.97. The summed E-state index contributed by atoms with van der Waals surface area (Å²) in [4.78, 5) is 25.4. The van der Waals surface area contributed by atoms with Crippen molar-refractivity contribution < 1.29 is 9.32 Å². The molecule has 1 amide bonds. The first-order valence-corrected chi connectivity index (χ1v) is 9.37. The highest BCUT2D eigenvalue weighted by Gasteiger charge is 2.18. The van der Waals surface area contributed by atoms with Crippen LogP contribution >= 0.6 is 0 Å². The van der Waals surface area contributed by atoms with Crippen molar-refractivity contribution >= 4 is 5.91 Å². The topological polar surface area (TPSA) is 98.7 Å². The Morgan fingerprint density at radius 2 is 2.15 bits per heavy atom. The maximum atomic E-state index is 12.4. The standard InChI is InChI=1S/C19H22N6O2/c1-2-16-23-19(27-24-16)13-8-9-20-17(10-13)25-11-15(21-12-25)18(26)22-14-6-4-3-5-7-14/h8-12,14H,2-7H2,1H3,(H,22,26). The summed E-state index contributed by atoms with van der Waals surface area (Å²) in [5.74, 6) is 1.60. The van der Waals surface area contributed by atoms with Crippen molar-refractivity contribution in [2.75, 3.05) is 0 Å². The molecule has 0 aromatic carbocycles. The molecule has 1 saturated carbocycles. The van der Waals surface area contributed by atoms with Crippen molar-refractivity contribution in [3.8, 4) is 17.3 Å². The van der Waals surface area contributed by atoms with Crippen molar-refractivity contribution in [3.05, 3.63) is 42.4 Å². The third kappa shape index (κ3) is 3.89. The summed E-state index contributed by atoms with van der Waals surface area (Å²) in [6, 6.07) is 3.89. The van der Waals surface area contributed by atoms with Crippen LogP contribution in [-0.4, -0.2) is 36.6 Å². The lowest BCUT2D eigenvalue weighted by atomic mass is 9.95. The quantitative estimate of drug-likeness (QED) is 0.745.